The smallest absolute Gasteiger partial charge is 0.223 e. The van der Waals surface area contributed by atoms with Crippen LogP contribution in [0.5, 0.6) is 5.75 Å². The molecule has 1 aromatic carbocycles. The quantitative estimate of drug-likeness (QED) is 0.782. The lowest BCUT2D eigenvalue weighted by Gasteiger charge is -2.14. The molecule has 1 atom stereocenters. The van der Waals surface area contributed by atoms with Crippen LogP contribution in [0.25, 0.3) is 0 Å². The first-order chi connectivity index (χ1) is 10.3. The van der Waals surface area contributed by atoms with Crippen LogP contribution < -0.4 is 21.1 Å². The zero-order valence-corrected chi connectivity index (χ0v) is 12.0. The summed E-state index contributed by atoms with van der Waals surface area (Å²) in [4.78, 5) is 8.41. The molecule has 0 saturated heterocycles. The Bertz CT molecular complexity index is 631. The second-order valence-electron chi connectivity index (χ2n) is 4.97. The Morgan fingerprint density at radius 2 is 2.10 bits per heavy atom. The molecule has 2 aromatic rings. The molecule has 6 nitrogen and oxygen atoms in total. The highest BCUT2D eigenvalue weighted by atomic mass is 16.5. The number of nitrogens with one attached hydrogen (secondary N) is 2. The summed E-state index contributed by atoms with van der Waals surface area (Å²) in [7, 11) is 0. The number of para-hydroxylation sites is 1. The molecule has 6 heteroatoms. The van der Waals surface area contributed by atoms with Gasteiger partial charge in [0.25, 0.3) is 0 Å². The van der Waals surface area contributed by atoms with Gasteiger partial charge >= 0.3 is 0 Å². The van der Waals surface area contributed by atoms with Gasteiger partial charge in [0, 0.05) is 18.2 Å². The third-order valence-corrected chi connectivity index (χ3v) is 3.32. The van der Waals surface area contributed by atoms with Gasteiger partial charge in [0.1, 0.15) is 24.0 Å². The molecule has 1 aromatic heterocycles. The summed E-state index contributed by atoms with van der Waals surface area (Å²) >= 11 is 0. The van der Waals surface area contributed by atoms with Crippen LogP contribution in [-0.4, -0.2) is 23.1 Å². The number of fused-ring (bicyclic) bond motifs is 1. The van der Waals surface area contributed by atoms with Crippen molar-refractivity contribution in [3.05, 3.63) is 35.9 Å². The molecule has 0 saturated carbocycles. The van der Waals surface area contributed by atoms with E-state index in [1.165, 1.54) is 0 Å². The number of anilines is 3. The fraction of sp³-hybridized carbons (Fsp3) is 0.333. The fourth-order valence-electron chi connectivity index (χ4n) is 2.34. The average molecular weight is 285 g/mol. The minimum atomic E-state index is 0.0783. The van der Waals surface area contributed by atoms with Gasteiger partial charge in [-0.25, -0.2) is 0 Å². The van der Waals surface area contributed by atoms with Crippen molar-refractivity contribution in [2.75, 3.05) is 29.5 Å². The van der Waals surface area contributed by atoms with E-state index in [9.17, 15) is 0 Å². The average Bonchev–Trinajstić information content (AvgIpc) is 2.88. The first kappa shape index (κ1) is 13.5. The van der Waals surface area contributed by atoms with Gasteiger partial charge in [0.2, 0.25) is 5.95 Å². The van der Waals surface area contributed by atoms with Gasteiger partial charge < -0.3 is 21.1 Å². The van der Waals surface area contributed by atoms with Gasteiger partial charge in [-0.3, -0.25) is 0 Å². The predicted octanol–water partition coefficient (Wildman–Crippen LogP) is 2.43. The number of ether oxygens (including phenoxy) is 1. The molecule has 0 amide bonds. The van der Waals surface area contributed by atoms with Gasteiger partial charge in [0.15, 0.2) is 0 Å². The van der Waals surface area contributed by atoms with E-state index in [0.717, 1.165) is 30.1 Å². The molecule has 0 bridgehead atoms. The third-order valence-electron chi connectivity index (χ3n) is 3.32. The van der Waals surface area contributed by atoms with Crippen molar-refractivity contribution >= 4 is 17.6 Å². The van der Waals surface area contributed by atoms with E-state index in [1.807, 2.05) is 24.3 Å². The number of nitrogens with two attached hydrogens (primary N) is 1. The molecule has 0 spiro atoms. The lowest BCUT2D eigenvalue weighted by atomic mass is 10.1. The van der Waals surface area contributed by atoms with E-state index in [1.54, 1.807) is 0 Å². The van der Waals surface area contributed by atoms with Gasteiger partial charge in [-0.05, 0) is 12.5 Å². The summed E-state index contributed by atoms with van der Waals surface area (Å²) in [5.41, 5.74) is 6.90. The number of nitrogens with zero attached hydrogens (tertiary/aromatic N) is 2. The summed E-state index contributed by atoms with van der Waals surface area (Å²) in [6, 6.07) is 9.95. The second-order valence-corrected chi connectivity index (χ2v) is 4.97. The molecule has 1 aliphatic heterocycles. The summed E-state index contributed by atoms with van der Waals surface area (Å²) in [6.07, 6.45) is 1.02. The zero-order chi connectivity index (χ0) is 14.7. The van der Waals surface area contributed by atoms with Crippen molar-refractivity contribution in [1.29, 1.82) is 0 Å². The molecule has 0 radical (unpaired) electrons. The van der Waals surface area contributed by atoms with Crippen molar-refractivity contribution < 1.29 is 4.74 Å². The zero-order valence-electron chi connectivity index (χ0n) is 12.0. The summed E-state index contributed by atoms with van der Waals surface area (Å²) in [6.45, 7) is 3.54. The molecule has 21 heavy (non-hydrogen) atoms. The van der Waals surface area contributed by atoms with E-state index in [4.69, 9.17) is 10.5 Å². The Morgan fingerprint density at radius 3 is 2.95 bits per heavy atom. The second kappa shape index (κ2) is 5.87. The summed E-state index contributed by atoms with van der Waals surface area (Å²) < 4.78 is 5.66. The van der Waals surface area contributed by atoms with Crippen LogP contribution in [0.15, 0.2) is 30.3 Å². The van der Waals surface area contributed by atoms with Crippen LogP contribution in [0.1, 0.15) is 24.9 Å². The normalized spacial score (nSPS) is 16.1. The van der Waals surface area contributed by atoms with Gasteiger partial charge in [-0.1, -0.05) is 25.1 Å². The molecule has 2 heterocycles. The highest BCUT2D eigenvalue weighted by Crippen LogP contribution is 2.33. The number of nitrogen functional groups attached to an aromatic ring is 1. The molecule has 110 valence electrons. The maximum Gasteiger partial charge on any atom is 0.223 e. The highest BCUT2D eigenvalue weighted by molar-refractivity contribution is 5.53. The van der Waals surface area contributed by atoms with Crippen LogP contribution in [0.2, 0.25) is 0 Å². The topological polar surface area (TPSA) is 85.1 Å². The molecule has 0 fully saturated rings. The highest BCUT2D eigenvalue weighted by Gasteiger charge is 2.23. The summed E-state index contributed by atoms with van der Waals surface area (Å²) in [5, 5.41) is 6.58. The molecule has 3 rings (SSSR count). The van der Waals surface area contributed by atoms with E-state index < -0.39 is 0 Å². The first-order valence-corrected chi connectivity index (χ1v) is 7.13. The van der Waals surface area contributed by atoms with Crippen molar-refractivity contribution in [1.82, 2.24) is 9.97 Å². The Balaban J connectivity index is 1.78. The SMILES string of the molecule is CCCNc1cc(NC2COc3ccccc32)nc(N)n1. The Morgan fingerprint density at radius 1 is 1.29 bits per heavy atom. The van der Waals surface area contributed by atoms with E-state index in [2.05, 4.69) is 33.6 Å². The van der Waals surface area contributed by atoms with Gasteiger partial charge in [-0.15, -0.1) is 0 Å². The molecule has 1 unspecified atom stereocenters. The molecule has 1 aliphatic rings. The first-order valence-electron chi connectivity index (χ1n) is 7.13. The monoisotopic (exact) mass is 285 g/mol. The van der Waals surface area contributed by atoms with Crippen molar-refractivity contribution in [3.63, 3.8) is 0 Å². The van der Waals surface area contributed by atoms with Gasteiger partial charge in [0.05, 0.1) is 6.04 Å². The minimum Gasteiger partial charge on any atom is -0.491 e. The van der Waals surface area contributed by atoms with Crippen molar-refractivity contribution in [2.24, 2.45) is 0 Å². The molecular weight excluding hydrogens is 266 g/mol. The van der Waals surface area contributed by atoms with Crippen molar-refractivity contribution in [3.8, 4) is 5.75 Å². The molecule has 0 aliphatic carbocycles. The molecule has 4 N–H and O–H groups in total. The lowest BCUT2D eigenvalue weighted by molar-refractivity contribution is 0.339. The van der Waals surface area contributed by atoms with Gasteiger partial charge in [-0.2, -0.15) is 9.97 Å². The minimum absolute atomic E-state index is 0.0783. The van der Waals surface area contributed by atoms with Crippen LogP contribution in [0.4, 0.5) is 17.6 Å². The number of benzene rings is 1. The van der Waals surface area contributed by atoms with E-state index in [0.29, 0.717) is 12.4 Å². The van der Waals surface area contributed by atoms with Crippen molar-refractivity contribution in [2.45, 2.75) is 19.4 Å². The van der Waals surface area contributed by atoms with E-state index in [-0.39, 0.29) is 12.0 Å². The maximum atomic E-state index is 5.77. The third kappa shape index (κ3) is 2.99. The van der Waals surface area contributed by atoms with Crippen LogP contribution in [0.3, 0.4) is 0 Å². The van der Waals surface area contributed by atoms with Crippen LogP contribution >= 0.6 is 0 Å². The fourth-order valence-corrected chi connectivity index (χ4v) is 2.34. The molecular formula is C15H19N5O. The number of hydrogen-bond acceptors (Lipinski definition) is 6. The summed E-state index contributed by atoms with van der Waals surface area (Å²) in [5.74, 6) is 2.61. The standard InChI is InChI=1S/C15H19N5O/c1-2-7-17-13-8-14(20-15(16)19-13)18-11-9-21-12-6-4-3-5-10(11)12/h3-6,8,11H,2,7,9H2,1H3,(H4,16,17,18,19,20). The number of rotatable bonds is 5. The number of aromatic nitrogens is 2. The Labute approximate surface area is 123 Å². The van der Waals surface area contributed by atoms with Crippen LogP contribution in [0, 0.1) is 0 Å². The Kier molecular flexibility index (Phi) is 3.77. The van der Waals surface area contributed by atoms with E-state index >= 15 is 0 Å². The largest absolute Gasteiger partial charge is 0.491 e. The van der Waals surface area contributed by atoms with Crippen LogP contribution in [-0.2, 0) is 0 Å². The maximum absolute atomic E-state index is 5.77. The Hall–Kier alpha value is -2.50. The number of hydrogen-bond donors (Lipinski definition) is 3. The predicted molar refractivity (Wildman–Crippen MR) is 83.5 cm³/mol. The lowest BCUT2D eigenvalue weighted by Crippen LogP contribution is -2.14.